The fraction of sp³-hybridized carbons (Fsp3) is 1.00. The quantitative estimate of drug-likeness (QED) is 0.298. The molecule has 0 aliphatic rings. The fourth-order valence-corrected chi connectivity index (χ4v) is 0.402. The standard InChI is InChI=1S/C6H14O3.H3O4P/c1-2-6(8)5-9-4-3-7;1-5(2,3)4/h6-8H,2-5H2,1H3;(H3,1,2,3,4). The Morgan fingerprint density at radius 1 is 1.36 bits per heavy atom. The first-order valence-electron chi connectivity index (χ1n) is 3.96. The molecule has 0 aromatic carbocycles. The minimum absolute atomic E-state index is 0.0242. The number of hydrogen-bond acceptors (Lipinski definition) is 4. The Kier molecular flexibility index (Phi) is 11.2. The summed E-state index contributed by atoms with van der Waals surface area (Å²) in [6.07, 6.45) is 0.322. The molecule has 0 aromatic heterocycles. The van der Waals surface area contributed by atoms with Crippen molar-refractivity contribution in [3.05, 3.63) is 0 Å². The highest BCUT2D eigenvalue weighted by molar-refractivity contribution is 7.45. The summed E-state index contributed by atoms with van der Waals surface area (Å²) < 4.78 is 13.7. The van der Waals surface area contributed by atoms with Crippen LogP contribution in [0.3, 0.4) is 0 Å². The zero-order chi connectivity index (χ0) is 11.6. The van der Waals surface area contributed by atoms with E-state index in [1.165, 1.54) is 0 Å². The number of hydrogen-bond donors (Lipinski definition) is 5. The smallest absolute Gasteiger partial charge is 0.394 e. The average Bonchev–Trinajstić information content (AvgIpc) is 2.01. The highest BCUT2D eigenvalue weighted by atomic mass is 31.2. The first-order valence-corrected chi connectivity index (χ1v) is 5.52. The van der Waals surface area contributed by atoms with Gasteiger partial charge < -0.3 is 29.6 Å². The van der Waals surface area contributed by atoms with E-state index in [9.17, 15) is 0 Å². The molecule has 0 aliphatic carbocycles. The Balaban J connectivity index is 0. The molecule has 0 aromatic rings. The molecule has 0 rings (SSSR count). The summed E-state index contributed by atoms with van der Waals surface area (Å²) >= 11 is 0. The van der Waals surface area contributed by atoms with Gasteiger partial charge in [-0.2, -0.15) is 0 Å². The zero-order valence-corrected chi connectivity index (χ0v) is 8.80. The lowest BCUT2D eigenvalue weighted by molar-refractivity contribution is 0.0201. The molecule has 7 nitrogen and oxygen atoms in total. The van der Waals surface area contributed by atoms with Crippen LogP contribution in [0.25, 0.3) is 0 Å². The third kappa shape index (κ3) is 29.6. The lowest BCUT2D eigenvalue weighted by Crippen LogP contribution is -2.15. The molecule has 0 spiro atoms. The minimum Gasteiger partial charge on any atom is -0.394 e. The second kappa shape index (κ2) is 9.54. The third-order valence-corrected chi connectivity index (χ3v) is 1.02. The number of ether oxygens (including phenoxy) is 1. The summed E-state index contributed by atoms with van der Waals surface area (Å²) in [6, 6.07) is 0. The molecule has 1 atom stereocenters. The van der Waals surface area contributed by atoms with Crippen molar-refractivity contribution in [2.24, 2.45) is 0 Å². The zero-order valence-electron chi connectivity index (χ0n) is 7.91. The molecule has 88 valence electrons. The maximum atomic E-state index is 8.88. The lowest BCUT2D eigenvalue weighted by atomic mass is 10.3. The second-order valence-corrected chi connectivity index (χ2v) is 3.40. The van der Waals surface area contributed by atoms with Gasteiger partial charge in [0.2, 0.25) is 0 Å². The van der Waals surface area contributed by atoms with E-state index in [4.69, 9.17) is 34.2 Å². The Bertz CT molecular complexity index is 148. The van der Waals surface area contributed by atoms with Crippen molar-refractivity contribution in [2.45, 2.75) is 19.4 Å². The summed E-state index contributed by atoms with van der Waals surface area (Å²) in [5.74, 6) is 0. The van der Waals surface area contributed by atoms with Crippen LogP contribution < -0.4 is 0 Å². The summed E-state index contributed by atoms with van der Waals surface area (Å²) in [6.45, 7) is 2.55. The third-order valence-electron chi connectivity index (χ3n) is 1.02. The molecule has 0 aliphatic heterocycles. The molecule has 0 heterocycles. The first-order chi connectivity index (χ1) is 6.31. The van der Waals surface area contributed by atoms with E-state index >= 15 is 0 Å². The highest BCUT2D eigenvalue weighted by Crippen LogP contribution is 2.25. The van der Waals surface area contributed by atoms with Gasteiger partial charge in [-0.25, -0.2) is 4.57 Å². The Labute approximate surface area is 82.2 Å². The molecule has 0 bridgehead atoms. The predicted octanol–water partition coefficient (Wildman–Crippen LogP) is -1.16. The molecule has 0 radical (unpaired) electrons. The summed E-state index contributed by atoms with van der Waals surface area (Å²) in [5.41, 5.74) is 0. The van der Waals surface area contributed by atoms with Gasteiger partial charge in [0.15, 0.2) is 0 Å². The maximum Gasteiger partial charge on any atom is 0.466 e. The van der Waals surface area contributed by atoms with E-state index in [1.807, 2.05) is 6.92 Å². The molecular formula is C6H17O7P. The molecule has 0 saturated carbocycles. The van der Waals surface area contributed by atoms with Crippen LogP contribution >= 0.6 is 7.82 Å². The largest absolute Gasteiger partial charge is 0.466 e. The van der Waals surface area contributed by atoms with Gasteiger partial charge in [0.05, 0.1) is 25.9 Å². The average molecular weight is 232 g/mol. The van der Waals surface area contributed by atoms with Gasteiger partial charge in [0.25, 0.3) is 0 Å². The van der Waals surface area contributed by atoms with Crippen LogP contribution in [-0.2, 0) is 9.30 Å². The van der Waals surface area contributed by atoms with Gasteiger partial charge in [-0.1, -0.05) is 6.92 Å². The summed E-state index contributed by atoms with van der Waals surface area (Å²) in [4.78, 5) is 21.6. The topological polar surface area (TPSA) is 127 Å². The van der Waals surface area contributed by atoms with Gasteiger partial charge in [-0.05, 0) is 6.42 Å². The molecule has 0 saturated heterocycles. The number of aliphatic hydroxyl groups excluding tert-OH is 2. The minimum atomic E-state index is -4.64. The summed E-state index contributed by atoms with van der Waals surface area (Å²) in [7, 11) is -4.64. The normalized spacial score (nSPS) is 13.0. The van der Waals surface area contributed by atoms with Crippen molar-refractivity contribution in [1.29, 1.82) is 0 Å². The van der Waals surface area contributed by atoms with E-state index in [-0.39, 0.29) is 12.7 Å². The Morgan fingerprint density at radius 3 is 2.07 bits per heavy atom. The van der Waals surface area contributed by atoms with Gasteiger partial charge >= 0.3 is 7.82 Å². The first kappa shape index (κ1) is 16.4. The van der Waals surface area contributed by atoms with Crippen LogP contribution in [0.5, 0.6) is 0 Å². The number of aliphatic hydroxyl groups is 2. The van der Waals surface area contributed by atoms with Crippen molar-refractivity contribution in [3.8, 4) is 0 Å². The SMILES string of the molecule is CCC(O)COCCO.O=P(O)(O)O. The van der Waals surface area contributed by atoms with Crippen LogP contribution in [0.1, 0.15) is 13.3 Å². The van der Waals surface area contributed by atoms with Crippen molar-refractivity contribution >= 4 is 7.82 Å². The van der Waals surface area contributed by atoms with Gasteiger partial charge in [-0.15, -0.1) is 0 Å². The Hall–Kier alpha value is -0.0100. The van der Waals surface area contributed by atoms with E-state index < -0.39 is 7.82 Å². The van der Waals surface area contributed by atoms with Crippen LogP contribution in [0.15, 0.2) is 0 Å². The van der Waals surface area contributed by atoms with Crippen LogP contribution in [0.2, 0.25) is 0 Å². The lowest BCUT2D eigenvalue weighted by Gasteiger charge is -2.06. The maximum absolute atomic E-state index is 8.88. The fourth-order valence-electron chi connectivity index (χ4n) is 0.402. The number of phosphoric acid groups is 1. The van der Waals surface area contributed by atoms with Crippen molar-refractivity contribution in [3.63, 3.8) is 0 Å². The molecule has 14 heavy (non-hydrogen) atoms. The van der Waals surface area contributed by atoms with E-state index in [0.29, 0.717) is 19.6 Å². The predicted molar refractivity (Wildman–Crippen MR) is 48.5 cm³/mol. The van der Waals surface area contributed by atoms with E-state index in [2.05, 4.69) is 0 Å². The highest BCUT2D eigenvalue weighted by Gasteiger charge is 2.00. The second-order valence-electron chi connectivity index (χ2n) is 2.37. The molecule has 5 N–H and O–H groups in total. The van der Waals surface area contributed by atoms with Crippen molar-refractivity contribution in [1.82, 2.24) is 0 Å². The molecular weight excluding hydrogens is 215 g/mol. The van der Waals surface area contributed by atoms with Crippen LogP contribution in [0, 0.1) is 0 Å². The monoisotopic (exact) mass is 232 g/mol. The van der Waals surface area contributed by atoms with Crippen LogP contribution in [0.4, 0.5) is 0 Å². The number of rotatable bonds is 5. The van der Waals surface area contributed by atoms with Gasteiger partial charge in [0.1, 0.15) is 0 Å². The summed E-state index contributed by atoms with van der Waals surface area (Å²) in [5, 5.41) is 17.1. The molecule has 0 amide bonds. The van der Waals surface area contributed by atoms with Gasteiger partial charge in [-0.3, -0.25) is 0 Å². The molecule has 8 heteroatoms. The van der Waals surface area contributed by atoms with E-state index in [1.54, 1.807) is 0 Å². The van der Waals surface area contributed by atoms with Crippen molar-refractivity contribution < 1.29 is 34.2 Å². The van der Waals surface area contributed by atoms with Crippen LogP contribution in [-0.4, -0.2) is 50.8 Å². The Morgan fingerprint density at radius 2 is 1.79 bits per heavy atom. The molecule has 1 unspecified atom stereocenters. The van der Waals surface area contributed by atoms with Gasteiger partial charge in [0, 0.05) is 0 Å². The van der Waals surface area contributed by atoms with E-state index in [0.717, 1.165) is 0 Å². The van der Waals surface area contributed by atoms with Crippen molar-refractivity contribution in [2.75, 3.05) is 19.8 Å². The molecule has 0 fully saturated rings.